The van der Waals surface area contributed by atoms with E-state index < -0.39 is 5.97 Å². The molecular weight excluding hydrogens is 244 g/mol. The van der Waals surface area contributed by atoms with Gasteiger partial charge in [0.15, 0.2) is 0 Å². The van der Waals surface area contributed by atoms with Crippen molar-refractivity contribution in [1.82, 2.24) is 10.2 Å². The number of carboxylic acid groups (broad SMARTS) is 1. The number of carbonyl (C=O) groups excluding carboxylic acids is 1. The second-order valence-corrected chi connectivity index (χ2v) is 5.92. The molecule has 3 unspecified atom stereocenters. The third-order valence-electron chi connectivity index (χ3n) is 4.40. The van der Waals surface area contributed by atoms with Gasteiger partial charge in [-0.15, -0.1) is 0 Å². The van der Waals surface area contributed by atoms with Gasteiger partial charge in [0, 0.05) is 19.5 Å². The second-order valence-electron chi connectivity index (χ2n) is 5.92. The van der Waals surface area contributed by atoms with Crippen molar-refractivity contribution in [2.24, 2.45) is 11.8 Å². The molecule has 0 bridgehead atoms. The molecule has 0 aromatic rings. The standard InChI is InChI=1S/C14H24N2O3/c1-10-6-7-15-13(10)14(19)16-8-2-3-11(9-16)4-5-12(17)18/h10-11,13,15H,2-9H2,1H3,(H,17,18). The molecule has 3 atom stereocenters. The summed E-state index contributed by atoms with van der Waals surface area (Å²) in [5.74, 6) is 0.233. The summed E-state index contributed by atoms with van der Waals surface area (Å²) in [6.07, 6.45) is 4.01. The zero-order valence-corrected chi connectivity index (χ0v) is 11.6. The predicted octanol–water partition coefficient (Wildman–Crippen LogP) is 1.09. The van der Waals surface area contributed by atoms with E-state index in [0.717, 1.165) is 38.9 Å². The minimum Gasteiger partial charge on any atom is -0.481 e. The van der Waals surface area contributed by atoms with Gasteiger partial charge in [0.25, 0.3) is 0 Å². The highest BCUT2D eigenvalue weighted by atomic mass is 16.4. The summed E-state index contributed by atoms with van der Waals surface area (Å²) in [7, 11) is 0. The maximum Gasteiger partial charge on any atom is 0.303 e. The van der Waals surface area contributed by atoms with Gasteiger partial charge in [-0.05, 0) is 44.1 Å². The molecule has 2 aliphatic rings. The van der Waals surface area contributed by atoms with Crippen LogP contribution in [0.15, 0.2) is 0 Å². The van der Waals surface area contributed by atoms with E-state index in [9.17, 15) is 9.59 Å². The summed E-state index contributed by atoms with van der Waals surface area (Å²) in [5.41, 5.74) is 0. The molecule has 2 rings (SSSR count). The second kappa shape index (κ2) is 6.37. The average molecular weight is 268 g/mol. The molecule has 5 heteroatoms. The fourth-order valence-electron chi connectivity index (χ4n) is 3.19. The number of nitrogens with one attached hydrogen (secondary N) is 1. The highest BCUT2D eigenvalue weighted by molar-refractivity contribution is 5.82. The first-order valence-electron chi connectivity index (χ1n) is 7.32. The van der Waals surface area contributed by atoms with E-state index >= 15 is 0 Å². The summed E-state index contributed by atoms with van der Waals surface area (Å²) >= 11 is 0. The average Bonchev–Trinajstić information content (AvgIpc) is 2.82. The largest absolute Gasteiger partial charge is 0.481 e. The van der Waals surface area contributed by atoms with Crippen LogP contribution < -0.4 is 5.32 Å². The van der Waals surface area contributed by atoms with Gasteiger partial charge in [-0.1, -0.05) is 6.92 Å². The van der Waals surface area contributed by atoms with Gasteiger partial charge >= 0.3 is 5.97 Å². The fourth-order valence-corrected chi connectivity index (χ4v) is 3.19. The van der Waals surface area contributed by atoms with E-state index in [4.69, 9.17) is 5.11 Å². The molecule has 5 nitrogen and oxygen atoms in total. The lowest BCUT2D eigenvalue weighted by molar-refractivity contribution is -0.137. The Morgan fingerprint density at radius 3 is 2.79 bits per heavy atom. The maximum absolute atomic E-state index is 12.4. The molecule has 0 aromatic carbocycles. The monoisotopic (exact) mass is 268 g/mol. The van der Waals surface area contributed by atoms with Crippen LogP contribution in [0.3, 0.4) is 0 Å². The van der Waals surface area contributed by atoms with Crippen molar-refractivity contribution in [1.29, 1.82) is 0 Å². The van der Waals surface area contributed by atoms with Crippen LogP contribution in [0.2, 0.25) is 0 Å². The smallest absolute Gasteiger partial charge is 0.303 e. The molecule has 19 heavy (non-hydrogen) atoms. The first-order chi connectivity index (χ1) is 9.08. The molecule has 0 spiro atoms. The molecule has 1 amide bonds. The van der Waals surface area contributed by atoms with E-state index in [1.165, 1.54) is 0 Å². The molecular formula is C14H24N2O3. The zero-order valence-electron chi connectivity index (χ0n) is 11.6. The number of piperidine rings is 1. The number of rotatable bonds is 4. The third kappa shape index (κ3) is 3.69. The molecule has 2 fully saturated rings. The predicted molar refractivity (Wildman–Crippen MR) is 71.7 cm³/mol. The third-order valence-corrected chi connectivity index (χ3v) is 4.40. The van der Waals surface area contributed by atoms with Crippen LogP contribution in [0, 0.1) is 11.8 Å². The molecule has 0 aromatic heterocycles. The van der Waals surface area contributed by atoms with Crippen LogP contribution in [0.4, 0.5) is 0 Å². The minimum atomic E-state index is -0.741. The summed E-state index contributed by atoms with van der Waals surface area (Å²) < 4.78 is 0. The van der Waals surface area contributed by atoms with E-state index in [1.807, 2.05) is 4.90 Å². The van der Waals surface area contributed by atoms with Crippen molar-refractivity contribution in [3.8, 4) is 0 Å². The number of carboxylic acids is 1. The molecule has 0 saturated carbocycles. The maximum atomic E-state index is 12.4. The topological polar surface area (TPSA) is 69.6 Å². The van der Waals surface area contributed by atoms with Crippen molar-refractivity contribution in [2.75, 3.05) is 19.6 Å². The number of carbonyl (C=O) groups is 2. The summed E-state index contributed by atoms with van der Waals surface area (Å²) in [5, 5.41) is 12.0. The van der Waals surface area contributed by atoms with Gasteiger partial charge in [-0.25, -0.2) is 0 Å². The highest BCUT2D eigenvalue weighted by Crippen LogP contribution is 2.24. The van der Waals surface area contributed by atoms with E-state index in [0.29, 0.717) is 18.3 Å². The Balaban J connectivity index is 1.86. The van der Waals surface area contributed by atoms with Gasteiger partial charge in [0.2, 0.25) is 5.91 Å². The van der Waals surface area contributed by atoms with Gasteiger partial charge < -0.3 is 15.3 Å². The SMILES string of the molecule is CC1CCNC1C(=O)N1CCCC(CCC(=O)O)C1. The molecule has 108 valence electrons. The summed E-state index contributed by atoms with van der Waals surface area (Å²) in [4.78, 5) is 25.0. The van der Waals surface area contributed by atoms with Gasteiger partial charge in [0.05, 0.1) is 6.04 Å². The Bertz CT molecular complexity index is 346. The van der Waals surface area contributed by atoms with Crippen LogP contribution in [-0.2, 0) is 9.59 Å². The van der Waals surface area contributed by atoms with Crippen LogP contribution >= 0.6 is 0 Å². The Morgan fingerprint density at radius 1 is 1.37 bits per heavy atom. The van der Waals surface area contributed by atoms with Crippen LogP contribution in [0.25, 0.3) is 0 Å². The van der Waals surface area contributed by atoms with Crippen LogP contribution in [-0.4, -0.2) is 47.6 Å². The van der Waals surface area contributed by atoms with Crippen molar-refractivity contribution in [2.45, 2.75) is 45.1 Å². The van der Waals surface area contributed by atoms with Gasteiger partial charge in [0.1, 0.15) is 0 Å². The normalized spacial score (nSPS) is 31.4. The van der Waals surface area contributed by atoms with Crippen LogP contribution in [0.1, 0.15) is 39.0 Å². The number of likely N-dealkylation sites (tertiary alicyclic amines) is 1. The molecule has 2 saturated heterocycles. The van der Waals surface area contributed by atoms with Crippen LogP contribution in [0.5, 0.6) is 0 Å². The lowest BCUT2D eigenvalue weighted by Crippen LogP contribution is -2.49. The lowest BCUT2D eigenvalue weighted by Gasteiger charge is -2.35. The molecule has 0 radical (unpaired) electrons. The Morgan fingerprint density at radius 2 is 2.16 bits per heavy atom. The quantitative estimate of drug-likeness (QED) is 0.800. The zero-order chi connectivity index (χ0) is 13.8. The Hall–Kier alpha value is -1.10. The van der Waals surface area contributed by atoms with Crippen molar-refractivity contribution in [3.63, 3.8) is 0 Å². The minimum absolute atomic E-state index is 0.0294. The van der Waals surface area contributed by atoms with Crippen molar-refractivity contribution in [3.05, 3.63) is 0 Å². The number of nitrogens with zero attached hydrogens (tertiary/aromatic N) is 1. The molecule has 2 aliphatic heterocycles. The number of aliphatic carboxylic acids is 1. The molecule has 2 heterocycles. The number of hydrogen-bond donors (Lipinski definition) is 2. The van der Waals surface area contributed by atoms with Crippen molar-refractivity contribution >= 4 is 11.9 Å². The molecule has 0 aliphatic carbocycles. The van der Waals surface area contributed by atoms with E-state index in [1.54, 1.807) is 0 Å². The highest BCUT2D eigenvalue weighted by Gasteiger charge is 2.34. The molecule has 2 N–H and O–H groups in total. The Kier molecular flexibility index (Phi) is 4.80. The van der Waals surface area contributed by atoms with E-state index in [2.05, 4.69) is 12.2 Å². The first-order valence-corrected chi connectivity index (χ1v) is 7.32. The number of amides is 1. The Labute approximate surface area is 114 Å². The van der Waals surface area contributed by atoms with E-state index in [-0.39, 0.29) is 18.4 Å². The fraction of sp³-hybridized carbons (Fsp3) is 0.857. The number of hydrogen-bond acceptors (Lipinski definition) is 3. The summed E-state index contributed by atoms with van der Waals surface area (Å²) in [6, 6.07) is -0.0294. The lowest BCUT2D eigenvalue weighted by atomic mass is 9.92. The first kappa shape index (κ1) is 14.3. The summed E-state index contributed by atoms with van der Waals surface area (Å²) in [6.45, 7) is 4.60. The van der Waals surface area contributed by atoms with Gasteiger partial charge in [-0.2, -0.15) is 0 Å². The van der Waals surface area contributed by atoms with Gasteiger partial charge in [-0.3, -0.25) is 9.59 Å². The van der Waals surface area contributed by atoms with Crippen molar-refractivity contribution < 1.29 is 14.7 Å².